The smallest absolute Gasteiger partial charge is 0.260 e. The molecule has 0 saturated heterocycles. The van der Waals surface area contributed by atoms with E-state index in [1.807, 2.05) is 0 Å². The van der Waals surface area contributed by atoms with Crippen molar-refractivity contribution in [3.05, 3.63) is 69.3 Å². The molecule has 2 aliphatic rings. The van der Waals surface area contributed by atoms with E-state index in [1.54, 1.807) is 35.3 Å². The number of halogens is 3. The van der Waals surface area contributed by atoms with Gasteiger partial charge in [-0.05, 0) is 59.7 Å². The van der Waals surface area contributed by atoms with Crippen molar-refractivity contribution >= 4 is 40.1 Å². The van der Waals surface area contributed by atoms with Crippen LogP contribution in [0.5, 0.6) is 0 Å². The molecule has 1 amide bonds. The number of fused-ring (bicyclic) bond motifs is 2. The van der Waals surface area contributed by atoms with E-state index in [0.717, 1.165) is 20.7 Å². The molecule has 1 aromatic carbocycles. The van der Waals surface area contributed by atoms with Crippen molar-refractivity contribution in [3.8, 4) is 11.8 Å². The molecule has 1 aliphatic heterocycles. The molecule has 5 nitrogen and oxygen atoms in total. The largest absolute Gasteiger partial charge is 0.289 e. The molecule has 8 heteroatoms. The molecule has 3 aromatic rings. The first-order chi connectivity index (χ1) is 13.5. The molecule has 0 atom stereocenters. The summed E-state index contributed by atoms with van der Waals surface area (Å²) in [5, 5.41) is 0. The molecule has 2 aromatic heterocycles. The number of carbonyl (C=O) groups excluding carboxylic acids is 1. The van der Waals surface area contributed by atoms with Gasteiger partial charge in [0, 0.05) is 23.5 Å². The highest BCUT2D eigenvalue weighted by Crippen LogP contribution is 2.55. The first-order valence-corrected chi connectivity index (χ1v) is 9.58. The maximum absolute atomic E-state index is 14.9. The van der Waals surface area contributed by atoms with Crippen molar-refractivity contribution in [2.45, 2.75) is 18.4 Å². The van der Waals surface area contributed by atoms with E-state index in [1.165, 1.54) is 0 Å². The van der Waals surface area contributed by atoms with Crippen molar-refractivity contribution in [2.75, 3.05) is 4.90 Å². The van der Waals surface area contributed by atoms with Crippen LogP contribution in [0.1, 0.15) is 24.0 Å². The maximum atomic E-state index is 14.9. The zero-order valence-corrected chi connectivity index (χ0v) is 16.4. The topological polar surface area (TPSA) is 51.0 Å². The van der Waals surface area contributed by atoms with Crippen molar-refractivity contribution < 1.29 is 13.6 Å². The fourth-order valence-electron chi connectivity index (χ4n) is 3.46. The molecular formula is C20H11F2IN4O. The van der Waals surface area contributed by atoms with Crippen LogP contribution in [-0.2, 0) is 10.3 Å². The first kappa shape index (κ1) is 17.3. The Morgan fingerprint density at radius 3 is 2.46 bits per heavy atom. The zero-order chi connectivity index (χ0) is 19.5. The SMILES string of the molecule is O=C1N(c2c(F)cc(C#Cc3cccnc3)cc2F)c2ncc(I)n2C12CC2. The Labute approximate surface area is 172 Å². The van der Waals surface area contributed by atoms with Crippen LogP contribution in [-0.4, -0.2) is 20.4 Å². The number of amides is 1. The van der Waals surface area contributed by atoms with Gasteiger partial charge in [-0.2, -0.15) is 0 Å². The van der Waals surface area contributed by atoms with Gasteiger partial charge in [-0.15, -0.1) is 0 Å². The number of rotatable bonds is 1. The lowest BCUT2D eigenvalue weighted by molar-refractivity contribution is -0.120. The molecule has 0 radical (unpaired) electrons. The van der Waals surface area contributed by atoms with E-state index in [0.29, 0.717) is 18.4 Å². The van der Waals surface area contributed by atoms with Crippen LogP contribution in [0.4, 0.5) is 20.4 Å². The van der Waals surface area contributed by atoms with Crippen LogP contribution in [0.2, 0.25) is 0 Å². The van der Waals surface area contributed by atoms with Crippen molar-refractivity contribution in [2.24, 2.45) is 0 Å². The van der Waals surface area contributed by atoms with Gasteiger partial charge in [-0.3, -0.25) is 14.3 Å². The van der Waals surface area contributed by atoms with E-state index in [-0.39, 0.29) is 17.4 Å². The number of nitrogens with zero attached hydrogens (tertiary/aromatic N) is 4. The summed E-state index contributed by atoms with van der Waals surface area (Å²) in [5.41, 5.74) is -0.355. The lowest BCUT2D eigenvalue weighted by atomic mass is 10.1. The number of hydrogen-bond donors (Lipinski definition) is 0. The predicted octanol–water partition coefficient (Wildman–Crippen LogP) is 3.73. The Kier molecular flexibility index (Phi) is 3.77. The second kappa shape index (κ2) is 6.10. The third-order valence-electron chi connectivity index (χ3n) is 4.91. The predicted molar refractivity (Wildman–Crippen MR) is 106 cm³/mol. The van der Waals surface area contributed by atoms with Gasteiger partial charge in [0.05, 0.1) is 6.20 Å². The average Bonchev–Trinajstić information content (AvgIpc) is 3.34. The van der Waals surface area contributed by atoms with E-state index in [2.05, 4.69) is 44.4 Å². The molecular weight excluding hydrogens is 477 g/mol. The normalized spacial score (nSPS) is 16.1. The Morgan fingerprint density at radius 2 is 1.82 bits per heavy atom. The number of benzene rings is 1. The summed E-state index contributed by atoms with van der Waals surface area (Å²) in [7, 11) is 0. The Balaban J connectivity index is 1.57. The second-order valence-corrected chi connectivity index (χ2v) is 7.77. The highest BCUT2D eigenvalue weighted by atomic mass is 127. The Morgan fingerprint density at radius 1 is 1.11 bits per heavy atom. The molecule has 3 heterocycles. The van der Waals surface area contributed by atoms with Gasteiger partial charge in [0.25, 0.3) is 5.91 Å². The molecule has 1 fully saturated rings. The molecule has 1 spiro atoms. The number of hydrogen-bond acceptors (Lipinski definition) is 3. The standard InChI is InChI=1S/C20H11F2IN4O/c21-14-8-13(4-3-12-2-1-7-24-10-12)9-15(22)17(14)26-18(28)20(5-6-20)27-16(23)11-25-19(26)27/h1-2,7-11H,5-6H2. The van der Waals surface area contributed by atoms with Crippen LogP contribution in [0.3, 0.4) is 0 Å². The molecule has 0 bridgehead atoms. The van der Waals surface area contributed by atoms with Crippen LogP contribution < -0.4 is 4.90 Å². The molecule has 1 saturated carbocycles. The van der Waals surface area contributed by atoms with Gasteiger partial charge < -0.3 is 0 Å². The van der Waals surface area contributed by atoms with Crippen LogP contribution >= 0.6 is 22.6 Å². The van der Waals surface area contributed by atoms with Crippen molar-refractivity contribution in [1.29, 1.82) is 0 Å². The summed E-state index contributed by atoms with van der Waals surface area (Å²) < 4.78 is 32.3. The lowest BCUT2D eigenvalue weighted by Crippen LogP contribution is -2.31. The molecule has 5 rings (SSSR count). The van der Waals surface area contributed by atoms with Crippen LogP contribution in [0, 0.1) is 27.2 Å². The summed E-state index contributed by atoms with van der Waals surface area (Å²) in [6, 6.07) is 5.74. The number of aromatic nitrogens is 3. The molecule has 138 valence electrons. The summed E-state index contributed by atoms with van der Waals surface area (Å²) in [4.78, 5) is 22.2. The van der Waals surface area contributed by atoms with Gasteiger partial charge >= 0.3 is 0 Å². The van der Waals surface area contributed by atoms with Gasteiger partial charge in [-0.1, -0.05) is 11.8 Å². The molecule has 0 N–H and O–H groups in total. The quantitative estimate of drug-likeness (QED) is 0.388. The van der Waals surface area contributed by atoms with Crippen molar-refractivity contribution in [1.82, 2.24) is 14.5 Å². The first-order valence-electron chi connectivity index (χ1n) is 8.51. The minimum absolute atomic E-state index is 0.174. The fraction of sp³-hybridized carbons (Fsp3) is 0.150. The summed E-state index contributed by atoms with van der Waals surface area (Å²) in [5.74, 6) is 3.73. The Hall–Kier alpha value is -2.80. The number of pyridine rings is 1. The highest BCUT2D eigenvalue weighted by Gasteiger charge is 2.61. The summed E-state index contributed by atoms with van der Waals surface area (Å²) in [6.45, 7) is 0. The summed E-state index contributed by atoms with van der Waals surface area (Å²) in [6.07, 6.45) is 6.05. The third-order valence-corrected chi connectivity index (χ3v) is 5.67. The molecule has 0 unspecified atom stereocenters. The van der Waals surface area contributed by atoms with Crippen molar-refractivity contribution in [3.63, 3.8) is 0 Å². The van der Waals surface area contributed by atoms with E-state index in [9.17, 15) is 13.6 Å². The van der Waals surface area contributed by atoms with Gasteiger partial charge in [0.15, 0.2) is 11.6 Å². The van der Waals surface area contributed by atoms with Crippen LogP contribution in [0.15, 0.2) is 42.9 Å². The number of imidazole rings is 1. The number of anilines is 2. The minimum Gasteiger partial charge on any atom is -0.289 e. The van der Waals surface area contributed by atoms with Gasteiger partial charge in [0.2, 0.25) is 5.95 Å². The zero-order valence-electron chi connectivity index (χ0n) is 14.3. The van der Waals surface area contributed by atoms with Gasteiger partial charge in [-0.25, -0.2) is 18.7 Å². The third kappa shape index (κ3) is 2.46. The van der Waals surface area contributed by atoms with Crippen LogP contribution in [0.25, 0.3) is 0 Å². The average molecular weight is 488 g/mol. The fourth-order valence-corrected chi connectivity index (χ4v) is 4.28. The highest BCUT2D eigenvalue weighted by molar-refractivity contribution is 14.1. The number of carbonyl (C=O) groups is 1. The Bertz CT molecular complexity index is 1170. The maximum Gasteiger partial charge on any atom is 0.260 e. The minimum atomic E-state index is -0.855. The summed E-state index contributed by atoms with van der Waals surface area (Å²) >= 11 is 2.08. The van der Waals surface area contributed by atoms with E-state index >= 15 is 0 Å². The van der Waals surface area contributed by atoms with E-state index in [4.69, 9.17) is 0 Å². The lowest BCUT2D eigenvalue weighted by Gasteiger charge is -2.17. The van der Waals surface area contributed by atoms with Gasteiger partial charge in [0.1, 0.15) is 14.9 Å². The van der Waals surface area contributed by atoms with E-state index < -0.39 is 22.9 Å². The second-order valence-electron chi connectivity index (χ2n) is 6.67. The monoisotopic (exact) mass is 488 g/mol. The molecule has 1 aliphatic carbocycles. The molecule has 28 heavy (non-hydrogen) atoms.